The summed E-state index contributed by atoms with van der Waals surface area (Å²) in [7, 11) is 0. The Hall–Kier alpha value is -2.78. The lowest BCUT2D eigenvalue weighted by Crippen LogP contribution is -2.44. The first-order valence-corrected chi connectivity index (χ1v) is 15.0. The van der Waals surface area contributed by atoms with Gasteiger partial charge in [0.05, 0.1) is 19.8 Å². The number of aromatic nitrogens is 1. The second kappa shape index (κ2) is 12.4. The Morgan fingerprint density at radius 3 is 2.45 bits per heavy atom. The fourth-order valence-electron chi connectivity index (χ4n) is 6.29. The number of carbonyl (C=O) groups excluding carboxylic acids is 1. The fourth-order valence-corrected chi connectivity index (χ4v) is 6.46. The highest BCUT2D eigenvalue weighted by Gasteiger charge is 2.35. The van der Waals surface area contributed by atoms with Gasteiger partial charge in [0.25, 0.3) is 0 Å². The first-order chi connectivity index (χ1) is 19.6. The van der Waals surface area contributed by atoms with Gasteiger partial charge in [0, 0.05) is 67.4 Å². The first kappa shape index (κ1) is 27.4. The van der Waals surface area contributed by atoms with Crippen molar-refractivity contribution in [2.24, 2.45) is 0 Å². The smallest absolute Gasteiger partial charge is 0.410 e. The van der Waals surface area contributed by atoms with Gasteiger partial charge in [-0.25, -0.2) is 4.79 Å². The predicted octanol–water partition coefficient (Wildman–Crippen LogP) is 5.10. The molecule has 2 fully saturated rings. The minimum Gasteiger partial charge on any atom is -0.490 e. The van der Waals surface area contributed by atoms with E-state index in [-0.39, 0.29) is 18.2 Å². The van der Waals surface area contributed by atoms with Crippen LogP contribution in [0.15, 0.2) is 42.5 Å². The van der Waals surface area contributed by atoms with Crippen LogP contribution in [0.25, 0.3) is 10.9 Å². The van der Waals surface area contributed by atoms with Crippen LogP contribution in [-0.2, 0) is 15.9 Å². The van der Waals surface area contributed by atoms with Gasteiger partial charge in [-0.1, -0.05) is 23.7 Å². The summed E-state index contributed by atoms with van der Waals surface area (Å²) in [5, 5.41) is 1.83. The average molecular weight is 567 g/mol. The van der Waals surface area contributed by atoms with E-state index < -0.39 is 0 Å². The van der Waals surface area contributed by atoms with Crippen molar-refractivity contribution < 1.29 is 19.0 Å². The van der Waals surface area contributed by atoms with Gasteiger partial charge < -0.3 is 24.1 Å². The summed E-state index contributed by atoms with van der Waals surface area (Å²) in [4.78, 5) is 23.4. The van der Waals surface area contributed by atoms with Gasteiger partial charge >= 0.3 is 6.09 Å². The molecule has 0 bridgehead atoms. The van der Waals surface area contributed by atoms with Gasteiger partial charge in [0.15, 0.2) is 0 Å². The molecule has 2 saturated heterocycles. The SMILES string of the molecule is CCOC(=O)N1CCc2c([nH]c3ccc(Cl)cc23)[C@@H]1c1ccc(OC2CCN(CCN3CCOCC3)CC2)cc1. The summed E-state index contributed by atoms with van der Waals surface area (Å²) in [5.41, 5.74) is 4.29. The number of H-pyrrole nitrogens is 1. The number of benzene rings is 2. The van der Waals surface area contributed by atoms with Gasteiger partial charge in [-0.3, -0.25) is 9.80 Å². The minimum absolute atomic E-state index is 0.223. The summed E-state index contributed by atoms with van der Waals surface area (Å²) < 4.78 is 17.3. The Labute approximate surface area is 241 Å². The van der Waals surface area contributed by atoms with E-state index in [0.29, 0.717) is 18.2 Å². The number of piperidine rings is 1. The molecule has 3 aliphatic heterocycles. The molecule has 2 aromatic carbocycles. The Kier molecular flexibility index (Phi) is 8.48. The van der Waals surface area contributed by atoms with E-state index >= 15 is 0 Å². The number of rotatable bonds is 7. The van der Waals surface area contributed by atoms with E-state index in [9.17, 15) is 4.79 Å². The molecule has 0 radical (unpaired) electrons. The maximum atomic E-state index is 13.0. The maximum absolute atomic E-state index is 13.0. The van der Waals surface area contributed by atoms with Crippen molar-refractivity contribution in [1.29, 1.82) is 0 Å². The highest BCUT2D eigenvalue weighted by molar-refractivity contribution is 6.31. The molecule has 0 spiro atoms. The van der Waals surface area contributed by atoms with Gasteiger partial charge in [0.2, 0.25) is 0 Å². The van der Waals surface area contributed by atoms with E-state index in [4.69, 9.17) is 25.8 Å². The van der Waals surface area contributed by atoms with E-state index in [0.717, 1.165) is 99.7 Å². The quantitative estimate of drug-likeness (QED) is 0.429. The molecule has 8 nitrogen and oxygen atoms in total. The molecule has 3 aromatic rings. The summed E-state index contributed by atoms with van der Waals surface area (Å²) in [6, 6.07) is 13.9. The summed E-state index contributed by atoms with van der Waals surface area (Å²) in [5.74, 6) is 0.873. The molecule has 1 amide bonds. The van der Waals surface area contributed by atoms with Crippen LogP contribution in [0.5, 0.6) is 5.75 Å². The molecule has 0 aliphatic carbocycles. The van der Waals surface area contributed by atoms with Crippen LogP contribution in [0.3, 0.4) is 0 Å². The van der Waals surface area contributed by atoms with Gasteiger partial charge in [0.1, 0.15) is 17.9 Å². The lowest BCUT2D eigenvalue weighted by Gasteiger charge is -2.35. The highest BCUT2D eigenvalue weighted by atomic mass is 35.5. The number of carbonyl (C=O) groups is 1. The van der Waals surface area contributed by atoms with E-state index in [1.165, 1.54) is 5.56 Å². The van der Waals surface area contributed by atoms with Crippen molar-refractivity contribution in [2.45, 2.75) is 38.3 Å². The normalized spacial score (nSPS) is 20.9. The molecule has 4 heterocycles. The Morgan fingerprint density at radius 1 is 1.00 bits per heavy atom. The van der Waals surface area contributed by atoms with Crippen molar-refractivity contribution in [2.75, 3.05) is 65.6 Å². The average Bonchev–Trinajstić information content (AvgIpc) is 3.35. The van der Waals surface area contributed by atoms with Crippen molar-refractivity contribution in [3.05, 3.63) is 64.3 Å². The molecule has 0 unspecified atom stereocenters. The second-order valence-corrected chi connectivity index (χ2v) is 11.4. The fraction of sp³-hybridized carbons (Fsp3) is 0.516. The van der Waals surface area contributed by atoms with Crippen LogP contribution >= 0.6 is 11.6 Å². The predicted molar refractivity (Wildman–Crippen MR) is 156 cm³/mol. The topological polar surface area (TPSA) is 70.3 Å². The highest BCUT2D eigenvalue weighted by Crippen LogP contribution is 2.40. The number of ether oxygens (including phenoxy) is 3. The monoisotopic (exact) mass is 566 g/mol. The van der Waals surface area contributed by atoms with E-state index in [2.05, 4.69) is 26.9 Å². The number of halogens is 1. The van der Waals surface area contributed by atoms with Crippen molar-refractivity contribution in [1.82, 2.24) is 19.7 Å². The number of morpholine rings is 1. The zero-order valence-electron chi connectivity index (χ0n) is 23.2. The van der Waals surface area contributed by atoms with Crippen molar-refractivity contribution in [3.8, 4) is 5.75 Å². The molecule has 3 aliphatic rings. The zero-order valence-corrected chi connectivity index (χ0v) is 24.0. The van der Waals surface area contributed by atoms with Crippen LogP contribution in [0, 0.1) is 0 Å². The molecular weight excluding hydrogens is 528 g/mol. The summed E-state index contributed by atoms with van der Waals surface area (Å²) in [6.07, 6.45) is 2.74. The third-order valence-corrected chi connectivity index (χ3v) is 8.70. The molecule has 0 saturated carbocycles. The number of likely N-dealkylation sites (tertiary alicyclic amines) is 1. The summed E-state index contributed by atoms with van der Waals surface area (Å²) in [6.45, 7) is 10.9. The molecule has 9 heteroatoms. The maximum Gasteiger partial charge on any atom is 0.410 e. The summed E-state index contributed by atoms with van der Waals surface area (Å²) >= 11 is 6.32. The first-order valence-electron chi connectivity index (χ1n) is 14.6. The molecular formula is C31H39ClN4O4. The number of nitrogens with one attached hydrogen (secondary N) is 1. The van der Waals surface area contributed by atoms with Gasteiger partial charge in [-0.15, -0.1) is 0 Å². The number of amides is 1. The Balaban J connectivity index is 1.13. The lowest BCUT2D eigenvalue weighted by atomic mass is 9.92. The molecule has 214 valence electrons. The minimum atomic E-state index is -0.296. The molecule has 6 rings (SSSR count). The van der Waals surface area contributed by atoms with Crippen molar-refractivity contribution in [3.63, 3.8) is 0 Å². The zero-order chi connectivity index (χ0) is 27.5. The largest absolute Gasteiger partial charge is 0.490 e. The van der Waals surface area contributed by atoms with Crippen LogP contribution in [0.1, 0.15) is 42.6 Å². The Morgan fingerprint density at radius 2 is 1.73 bits per heavy atom. The number of aromatic amines is 1. The third-order valence-electron chi connectivity index (χ3n) is 8.46. The van der Waals surface area contributed by atoms with Crippen LogP contribution in [0.2, 0.25) is 5.02 Å². The van der Waals surface area contributed by atoms with E-state index in [1.54, 1.807) is 0 Å². The number of fused-ring (bicyclic) bond motifs is 3. The molecule has 1 atom stereocenters. The lowest BCUT2D eigenvalue weighted by molar-refractivity contribution is 0.0289. The van der Waals surface area contributed by atoms with Crippen LogP contribution in [0.4, 0.5) is 4.79 Å². The number of hydrogen-bond donors (Lipinski definition) is 1. The van der Waals surface area contributed by atoms with Crippen molar-refractivity contribution >= 4 is 28.6 Å². The third kappa shape index (κ3) is 5.96. The van der Waals surface area contributed by atoms with Crippen LogP contribution in [-0.4, -0.2) is 97.5 Å². The number of hydrogen-bond acceptors (Lipinski definition) is 6. The molecule has 1 N–H and O–H groups in total. The van der Waals surface area contributed by atoms with E-state index in [1.807, 2.05) is 42.2 Å². The Bertz CT molecular complexity index is 1300. The number of nitrogens with zero attached hydrogens (tertiary/aromatic N) is 3. The standard InChI is InChI=1S/C31H39ClN4O4/c1-2-39-31(37)36-14-11-26-27-21-23(32)5-8-28(27)33-29(26)30(36)22-3-6-24(7-4-22)40-25-9-12-34(13-10-25)15-16-35-17-19-38-20-18-35/h3-8,21,25,30,33H,2,9-20H2,1H3/t30-/m0/s1. The van der Waals surface area contributed by atoms with Gasteiger partial charge in [-0.05, 0) is 67.6 Å². The van der Waals surface area contributed by atoms with Crippen LogP contribution < -0.4 is 4.74 Å². The second-order valence-electron chi connectivity index (χ2n) is 10.9. The molecule has 40 heavy (non-hydrogen) atoms. The van der Waals surface area contributed by atoms with Gasteiger partial charge in [-0.2, -0.15) is 0 Å². The molecule has 1 aromatic heterocycles.